The molecule has 1 rings (SSSR count). The number of hydrogen-bond acceptors (Lipinski definition) is 3. The molecular formula is C8H15N3O. The topological polar surface area (TPSA) is 53.1 Å². The minimum atomic E-state index is -0.102. The van der Waals surface area contributed by atoms with Crippen LogP contribution in [0.15, 0.2) is 12.3 Å². The van der Waals surface area contributed by atoms with Crippen molar-refractivity contribution in [2.75, 3.05) is 0 Å². The minimum absolute atomic E-state index is 0.102. The Kier molecular flexibility index (Phi) is 2.83. The van der Waals surface area contributed by atoms with Crippen molar-refractivity contribution in [1.29, 1.82) is 0 Å². The first kappa shape index (κ1) is 9.22. The van der Waals surface area contributed by atoms with Gasteiger partial charge in [-0.1, -0.05) is 0 Å². The third-order valence-electron chi connectivity index (χ3n) is 1.81. The summed E-state index contributed by atoms with van der Waals surface area (Å²) in [5.74, 6) is 5.09. The van der Waals surface area contributed by atoms with Crippen molar-refractivity contribution in [3.63, 3.8) is 0 Å². The van der Waals surface area contributed by atoms with Gasteiger partial charge in [0.05, 0.1) is 5.69 Å². The van der Waals surface area contributed by atoms with E-state index in [1.807, 2.05) is 17.7 Å². The molecule has 12 heavy (non-hydrogen) atoms. The first-order valence-corrected chi connectivity index (χ1v) is 4.05. The third kappa shape index (κ3) is 1.65. The monoisotopic (exact) mass is 169 g/mol. The van der Waals surface area contributed by atoms with Gasteiger partial charge in [-0.15, -0.1) is 0 Å². The van der Waals surface area contributed by atoms with Crippen LogP contribution in [0.25, 0.3) is 0 Å². The average molecular weight is 169 g/mol. The van der Waals surface area contributed by atoms with Crippen molar-refractivity contribution in [3.05, 3.63) is 18.0 Å². The van der Waals surface area contributed by atoms with E-state index in [-0.39, 0.29) is 6.10 Å². The van der Waals surface area contributed by atoms with Crippen LogP contribution in [0.2, 0.25) is 0 Å². The lowest BCUT2D eigenvalue weighted by Gasteiger charge is -2.14. The summed E-state index contributed by atoms with van der Waals surface area (Å²) in [4.78, 5) is 4.72. The molecule has 0 saturated carbocycles. The van der Waals surface area contributed by atoms with Crippen LogP contribution in [-0.4, -0.2) is 9.78 Å². The maximum absolute atomic E-state index is 5.09. The first-order valence-electron chi connectivity index (χ1n) is 4.05. The molecule has 0 fully saturated rings. The van der Waals surface area contributed by atoms with Crippen molar-refractivity contribution in [1.82, 2.24) is 9.78 Å². The molecule has 0 amide bonds. The summed E-state index contributed by atoms with van der Waals surface area (Å²) in [5, 5.41) is 4.17. The maximum atomic E-state index is 5.09. The summed E-state index contributed by atoms with van der Waals surface area (Å²) in [7, 11) is 0. The number of nitrogens with zero attached hydrogens (tertiary/aromatic N) is 2. The predicted molar refractivity (Wildman–Crippen MR) is 46.3 cm³/mol. The Morgan fingerprint density at radius 1 is 1.50 bits per heavy atom. The third-order valence-corrected chi connectivity index (χ3v) is 1.81. The van der Waals surface area contributed by atoms with Crippen molar-refractivity contribution >= 4 is 0 Å². The molecule has 1 unspecified atom stereocenters. The minimum Gasteiger partial charge on any atom is -0.295 e. The van der Waals surface area contributed by atoms with Gasteiger partial charge in [-0.2, -0.15) is 5.10 Å². The van der Waals surface area contributed by atoms with Crippen molar-refractivity contribution in [2.45, 2.75) is 32.9 Å². The van der Waals surface area contributed by atoms with Crippen LogP contribution in [0.5, 0.6) is 0 Å². The van der Waals surface area contributed by atoms with Crippen molar-refractivity contribution in [2.24, 2.45) is 5.90 Å². The molecule has 0 saturated heterocycles. The molecule has 68 valence electrons. The fraction of sp³-hybridized carbons (Fsp3) is 0.625. The predicted octanol–water partition coefficient (Wildman–Crippen LogP) is 1.42. The highest BCUT2D eigenvalue weighted by atomic mass is 16.6. The SMILES string of the molecule is CC(ON)c1ccnn1C(C)C. The first-order chi connectivity index (χ1) is 5.66. The van der Waals surface area contributed by atoms with E-state index < -0.39 is 0 Å². The van der Waals surface area contributed by atoms with Crippen LogP contribution in [0.4, 0.5) is 0 Å². The van der Waals surface area contributed by atoms with Crippen molar-refractivity contribution < 1.29 is 4.84 Å². The molecule has 4 nitrogen and oxygen atoms in total. The van der Waals surface area contributed by atoms with E-state index in [1.165, 1.54) is 0 Å². The summed E-state index contributed by atoms with van der Waals surface area (Å²) >= 11 is 0. The van der Waals surface area contributed by atoms with Gasteiger partial charge in [-0.25, -0.2) is 5.90 Å². The largest absolute Gasteiger partial charge is 0.295 e. The van der Waals surface area contributed by atoms with Gasteiger partial charge < -0.3 is 0 Å². The zero-order chi connectivity index (χ0) is 9.14. The Bertz CT molecular complexity index is 244. The number of aromatic nitrogens is 2. The summed E-state index contributed by atoms with van der Waals surface area (Å²) in [5.41, 5.74) is 1.01. The molecule has 0 aliphatic heterocycles. The summed E-state index contributed by atoms with van der Waals surface area (Å²) in [6.45, 7) is 6.04. The molecule has 2 N–H and O–H groups in total. The van der Waals surface area contributed by atoms with Crippen LogP contribution in [0.3, 0.4) is 0 Å². The van der Waals surface area contributed by atoms with Gasteiger partial charge in [0.2, 0.25) is 0 Å². The van der Waals surface area contributed by atoms with E-state index in [1.54, 1.807) is 6.20 Å². The maximum Gasteiger partial charge on any atom is 0.117 e. The van der Waals surface area contributed by atoms with Gasteiger partial charge in [0.1, 0.15) is 6.10 Å². The highest BCUT2D eigenvalue weighted by Crippen LogP contribution is 2.17. The second-order valence-corrected chi connectivity index (χ2v) is 3.07. The second kappa shape index (κ2) is 3.69. The molecule has 0 aromatic carbocycles. The normalized spacial score (nSPS) is 13.8. The van der Waals surface area contributed by atoms with Crippen LogP contribution in [0, 0.1) is 0 Å². The Balaban J connectivity index is 2.91. The molecular weight excluding hydrogens is 154 g/mol. The zero-order valence-electron chi connectivity index (χ0n) is 7.69. The quantitative estimate of drug-likeness (QED) is 0.696. The molecule has 0 bridgehead atoms. The van der Waals surface area contributed by atoms with Gasteiger partial charge in [-0.3, -0.25) is 9.52 Å². The molecule has 0 spiro atoms. The van der Waals surface area contributed by atoms with Gasteiger partial charge in [0, 0.05) is 12.2 Å². The molecule has 1 heterocycles. The Hall–Kier alpha value is -0.870. The van der Waals surface area contributed by atoms with Gasteiger partial charge in [-0.05, 0) is 26.8 Å². The lowest BCUT2D eigenvalue weighted by Crippen LogP contribution is -2.13. The molecule has 0 aliphatic carbocycles. The smallest absolute Gasteiger partial charge is 0.117 e. The second-order valence-electron chi connectivity index (χ2n) is 3.07. The van der Waals surface area contributed by atoms with Gasteiger partial charge in [0.15, 0.2) is 0 Å². The van der Waals surface area contributed by atoms with Crippen LogP contribution >= 0.6 is 0 Å². The van der Waals surface area contributed by atoms with Crippen LogP contribution in [0.1, 0.15) is 38.6 Å². The van der Waals surface area contributed by atoms with E-state index in [0.717, 1.165) is 5.69 Å². The molecule has 0 radical (unpaired) electrons. The molecule has 4 heteroatoms. The van der Waals surface area contributed by atoms with Crippen molar-refractivity contribution in [3.8, 4) is 0 Å². The summed E-state index contributed by atoms with van der Waals surface area (Å²) in [6.07, 6.45) is 1.65. The van der Waals surface area contributed by atoms with E-state index in [4.69, 9.17) is 10.7 Å². The Morgan fingerprint density at radius 2 is 2.17 bits per heavy atom. The van der Waals surface area contributed by atoms with E-state index in [0.29, 0.717) is 6.04 Å². The molecule has 1 aromatic heterocycles. The average Bonchev–Trinajstić information content (AvgIpc) is 2.50. The Morgan fingerprint density at radius 3 is 2.67 bits per heavy atom. The summed E-state index contributed by atoms with van der Waals surface area (Å²) < 4.78 is 1.90. The lowest BCUT2D eigenvalue weighted by atomic mass is 10.2. The van der Waals surface area contributed by atoms with Gasteiger partial charge in [0.25, 0.3) is 0 Å². The number of rotatable bonds is 3. The van der Waals surface area contributed by atoms with E-state index in [2.05, 4.69) is 18.9 Å². The van der Waals surface area contributed by atoms with Crippen LogP contribution in [-0.2, 0) is 4.84 Å². The fourth-order valence-electron chi connectivity index (χ4n) is 1.15. The van der Waals surface area contributed by atoms with Crippen LogP contribution < -0.4 is 5.90 Å². The molecule has 0 aliphatic rings. The number of hydrogen-bond donors (Lipinski definition) is 1. The van der Waals surface area contributed by atoms with E-state index >= 15 is 0 Å². The fourth-order valence-corrected chi connectivity index (χ4v) is 1.15. The highest BCUT2D eigenvalue weighted by Gasteiger charge is 2.12. The lowest BCUT2D eigenvalue weighted by molar-refractivity contribution is 0.0591. The molecule has 1 aromatic rings. The van der Waals surface area contributed by atoms with E-state index in [9.17, 15) is 0 Å². The number of nitrogens with two attached hydrogens (primary N) is 1. The zero-order valence-corrected chi connectivity index (χ0v) is 7.69. The summed E-state index contributed by atoms with van der Waals surface area (Å²) in [6, 6.07) is 2.25. The highest BCUT2D eigenvalue weighted by molar-refractivity contribution is 5.04. The van der Waals surface area contributed by atoms with Gasteiger partial charge >= 0.3 is 0 Å². The Labute approximate surface area is 72.3 Å². The standard InChI is InChI=1S/C8H15N3O/c1-6(2)11-8(4-5-10-11)7(3)12-9/h4-7H,9H2,1-3H3. The molecule has 1 atom stereocenters.